The maximum absolute atomic E-state index is 11.9. The van der Waals surface area contributed by atoms with E-state index in [1.807, 2.05) is 0 Å². The van der Waals surface area contributed by atoms with Crippen molar-refractivity contribution >= 4 is 23.3 Å². The van der Waals surface area contributed by atoms with Crippen molar-refractivity contribution in [2.45, 2.75) is 6.92 Å². The lowest BCUT2D eigenvalue weighted by Gasteiger charge is -2.06. The molecule has 1 heterocycles. The van der Waals surface area contributed by atoms with E-state index >= 15 is 0 Å². The number of nitrogens with one attached hydrogen (secondary N) is 2. The van der Waals surface area contributed by atoms with E-state index < -0.39 is 5.97 Å². The summed E-state index contributed by atoms with van der Waals surface area (Å²) < 4.78 is 4.90. The highest BCUT2D eigenvalue weighted by Crippen LogP contribution is 2.14. The fraction of sp³-hybridized carbons (Fsp3) is 0.143. The number of rotatable bonds is 4. The Labute approximate surface area is 115 Å². The van der Waals surface area contributed by atoms with Gasteiger partial charge in [-0.3, -0.25) is 4.79 Å². The van der Waals surface area contributed by atoms with E-state index in [-0.39, 0.29) is 5.91 Å². The second-order valence-corrected chi connectivity index (χ2v) is 4.10. The molecule has 1 amide bonds. The number of ether oxygens (including phenoxy) is 1. The lowest BCUT2D eigenvalue weighted by Crippen LogP contribution is -2.13. The summed E-state index contributed by atoms with van der Waals surface area (Å²) in [6.07, 6.45) is 1.53. The fourth-order valence-corrected chi connectivity index (χ4v) is 1.68. The zero-order chi connectivity index (χ0) is 14.5. The molecule has 0 aliphatic rings. The molecule has 0 spiro atoms. The number of esters is 1. The molecule has 0 bridgehead atoms. The first-order valence-corrected chi connectivity index (χ1v) is 6.12. The van der Waals surface area contributed by atoms with E-state index in [1.165, 1.54) is 12.3 Å². The number of benzene rings is 1. The van der Waals surface area contributed by atoms with Crippen LogP contribution < -0.4 is 11.1 Å². The molecule has 0 radical (unpaired) electrons. The van der Waals surface area contributed by atoms with Crippen LogP contribution >= 0.6 is 0 Å². The molecule has 0 saturated heterocycles. The Morgan fingerprint density at radius 1 is 1.35 bits per heavy atom. The third-order valence-corrected chi connectivity index (χ3v) is 2.58. The monoisotopic (exact) mass is 273 g/mol. The van der Waals surface area contributed by atoms with Gasteiger partial charge in [0, 0.05) is 17.6 Å². The molecular weight excluding hydrogens is 258 g/mol. The predicted octanol–water partition coefficient (Wildman–Crippen LogP) is 2.03. The van der Waals surface area contributed by atoms with Gasteiger partial charge in [0.1, 0.15) is 5.69 Å². The number of carbonyl (C=O) groups is 2. The van der Waals surface area contributed by atoms with E-state index in [4.69, 9.17) is 10.5 Å². The van der Waals surface area contributed by atoms with Crippen molar-refractivity contribution < 1.29 is 14.3 Å². The molecule has 6 nitrogen and oxygen atoms in total. The minimum atomic E-state index is -0.423. The van der Waals surface area contributed by atoms with Crippen LogP contribution in [0.4, 0.5) is 11.4 Å². The molecule has 0 unspecified atom stereocenters. The lowest BCUT2D eigenvalue weighted by atomic mass is 10.2. The number of hydrogen-bond donors (Lipinski definition) is 3. The molecule has 6 heteroatoms. The van der Waals surface area contributed by atoms with Crippen LogP contribution in [0.2, 0.25) is 0 Å². The Balaban J connectivity index is 2.12. The molecule has 20 heavy (non-hydrogen) atoms. The molecule has 2 rings (SSSR count). The maximum atomic E-state index is 11.9. The van der Waals surface area contributed by atoms with Gasteiger partial charge in [0.15, 0.2) is 0 Å². The number of H-pyrrole nitrogens is 1. The average molecular weight is 273 g/mol. The summed E-state index contributed by atoms with van der Waals surface area (Å²) in [5.41, 5.74) is 7.26. The van der Waals surface area contributed by atoms with E-state index in [0.29, 0.717) is 29.2 Å². The number of amides is 1. The van der Waals surface area contributed by atoms with E-state index in [9.17, 15) is 9.59 Å². The lowest BCUT2D eigenvalue weighted by molar-refractivity contribution is 0.0526. The molecule has 0 atom stereocenters. The minimum Gasteiger partial charge on any atom is -0.462 e. The van der Waals surface area contributed by atoms with Crippen molar-refractivity contribution in [2.24, 2.45) is 0 Å². The van der Waals surface area contributed by atoms with Crippen LogP contribution in [-0.2, 0) is 4.74 Å². The second kappa shape index (κ2) is 5.92. The van der Waals surface area contributed by atoms with Crippen LogP contribution in [0.3, 0.4) is 0 Å². The van der Waals surface area contributed by atoms with Gasteiger partial charge in [-0.25, -0.2) is 4.79 Å². The van der Waals surface area contributed by atoms with E-state index in [2.05, 4.69) is 10.3 Å². The van der Waals surface area contributed by atoms with Gasteiger partial charge in [-0.15, -0.1) is 0 Å². The SMILES string of the molecule is CCOC(=O)c1cccc(NC(=O)c2cc(N)c[nH]2)c1. The highest BCUT2D eigenvalue weighted by molar-refractivity contribution is 6.04. The minimum absolute atomic E-state index is 0.303. The number of hydrogen-bond acceptors (Lipinski definition) is 4. The number of carbonyl (C=O) groups excluding carboxylic acids is 2. The zero-order valence-corrected chi connectivity index (χ0v) is 11.0. The third kappa shape index (κ3) is 3.17. The van der Waals surface area contributed by atoms with Crippen molar-refractivity contribution in [2.75, 3.05) is 17.7 Å². The number of anilines is 2. The van der Waals surface area contributed by atoms with Crippen LogP contribution in [0.1, 0.15) is 27.8 Å². The zero-order valence-electron chi connectivity index (χ0n) is 11.0. The summed E-state index contributed by atoms with van der Waals surface area (Å²) in [6.45, 7) is 2.04. The van der Waals surface area contributed by atoms with Gasteiger partial charge in [0.05, 0.1) is 12.2 Å². The number of nitrogens with two attached hydrogens (primary N) is 1. The highest BCUT2D eigenvalue weighted by Gasteiger charge is 2.10. The normalized spacial score (nSPS) is 10.1. The highest BCUT2D eigenvalue weighted by atomic mass is 16.5. The van der Waals surface area contributed by atoms with Gasteiger partial charge >= 0.3 is 5.97 Å². The molecule has 1 aromatic heterocycles. The van der Waals surface area contributed by atoms with Gasteiger partial charge < -0.3 is 20.8 Å². The van der Waals surface area contributed by atoms with Gasteiger partial charge in [0.25, 0.3) is 5.91 Å². The summed E-state index contributed by atoms with van der Waals surface area (Å²) in [4.78, 5) is 26.3. The maximum Gasteiger partial charge on any atom is 0.338 e. The number of nitrogen functional groups attached to an aromatic ring is 1. The average Bonchev–Trinajstić information content (AvgIpc) is 2.86. The molecule has 104 valence electrons. The Kier molecular flexibility index (Phi) is 4.05. The molecule has 0 saturated carbocycles. The molecule has 1 aromatic carbocycles. The molecule has 2 aromatic rings. The van der Waals surface area contributed by atoms with Crippen LogP contribution in [-0.4, -0.2) is 23.5 Å². The first-order chi connectivity index (χ1) is 9.60. The van der Waals surface area contributed by atoms with E-state index in [1.54, 1.807) is 31.2 Å². The third-order valence-electron chi connectivity index (χ3n) is 2.58. The summed E-state index contributed by atoms with van der Waals surface area (Å²) >= 11 is 0. The van der Waals surface area contributed by atoms with Crippen molar-refractivity contribution in [3.63, 3.8) is 0 Å². The Bertz CT molecular complexity index is 634. The first-order valence-electron chi connectivity index (χ1n) is 6.12. The van der Waals surface area contributed by atoms with Crippen molar-refractivity contribution in [1.82, 2.24) is 4.98 Å². The molecule has 0 aliphatic heterocycles. The van der Waals surface area contributed by atoms with Gasteiger partial charge in [-0.05, 0) is 31.2 Å². The van der Waals surface area contributed by atoms with Gasteiger partial charge in [-0.1, -0.05) is 6.07 Å². The van der Waals surface area contributed by atoms with Crippen LogP contribution in [0.5, 0.6) is 0 Å². The quantitative estimate of drug-likeness (QED) is 0.742. The van der Waals surface area contributed by atoms with Crippen molar-refractivity contribution in [1.29, 1.82) is 0 Å². The second-order valence-electron chi connectivity index (χ2n) is 4.10. The largest absolute Gasteiger partial charge is 0.462 e. The van der Waals surface area contributed by atoms with Gasteiger partial charge in [-0.2, -0.15) is 0 Å². The summed E-state index contributed by atoms with van der Waals surface area (Å²) in [6, 6.07) is 8.07. The molecule has 0 fully saturated rings. The smallest absolute Gasteiger partial charge is 0.338 e. The Morgan fingerprint density at radius 2 is 2.15 bits per heavy atom. The first kappa shape index (κ1) is 13.7. The van der Waals surface area contributed by atoms with Crippen molar-refractivity contribution in [3.8, 4) is 0 Å². The molecule has 4 N–H and O–H groups in total. The molecule has 0 aliphatic carbocycles. The standard InChI is InChI=1S/C14H15N3O3/c1-2-20-14(19)9-4-3-5-11(6-9)17-13(18)12-7-10(15)8-16-12/h3-8,16H,2,15H2,1H3,(H,17,18). The van der Waals surface area contributed by atoms with E-state index in [0.717, 1.165) is 0 Å². The topological polar surface area (TPSA) is 97.2 Å². The van der Waals surface area contributed by atoms with Crippen LogP contribution in [0.25, 0.3) is 0 Å². The predicted molar refractivity (Wildman–Crippen MR) is 75.6 cm³/mol. The fourth-order valence-electron chi connectivity index (χ4n) is 1.68. The summed E-state index contributed by atoms with van der Waals surface area (Å²) in [5, 5.41) is 2.68. The Hall–Kier alpha value is -2.76. The molecular formula is C14H15N3O3. The number of aromatic nitrogens is 1. The Morgan fingerprint density at radius 3 is 2.80 bits per heavy atom. The van der Waals surface area contributed by atoms with Crippen LogP contribution in [0, 0.1) is 0 Å². The summed E-state index contributed by atoms with van der Waals surface area (Å²) in [7, 11) is 0. The van der Waals surface area contributed by atoms with Crippen molar-refractivity contribution in [3.05, 3.63) is 47.8 Å². The van der Waals surface area contributed by atoms with Gasteiger partial charge in [0.2, 0.25) is 0 Å². The van der Waals surface area contributed by atoms with Crippen LogP contribution in [0.15, 0.2) is 36.5 Å². The number of aromatic amines is 1. The summed E-state index contributed by atoms with van der Waals surface area (Å²) in [5.74, 6) is -0.754.